The van der Waals surface area contributed by atoms with Crippen LogP contribution in [0.4, 0.5) is 0 Å². The molecule has 1 aliphatic carbocycles. The van der Waals surface area contributed by atoms with Crippen LogP contribution in [-0.4, -0.2) is 4.57 Å². The summed E-state index contributed by atoms with van der Waals surface area (Å²) in [4.78, 5) is 0. The van der Waals surface area contributed by atoms with Gasteiger partial charge in [-0.3, -0.25) is 6.08 Å². The van der Waals surface area contributed by atoms with Crippen molar-refractivity contribution >= 4 is 21.7 Å². The summed E-state index contributed by atoms with van der Waals surface area (Å²) in [6.07, 6.45) is 8.33. The van der Waals surface area contributed by atoms with Crippen LogP contribution in [0.15, 0.2) is 84.5 Å². The molecule has 0 spiro atoms. The zero-order valence-electron chi connectivity index (χ0n) is 15.9. The molecule has 0 saturated heterocycles. The van der Waals surface area contributed by atoms with Gasteiger partial charge < -0.3 is 29.4 Å². The first-order chi connectivity index (χ1) is 12.2. The summed E-state index contributed by atoms with van der Waals surface area (Å²) in [5.74, 6) is 0. The van der Waals surface area contributed by atoms with Crippen molar-refractivity contribution in [3.05, 3.63) is 96.2 Å². The molecule has 4 heteroatoms. The van der Waals surface area contributed by atoms with E-state index in [1.807, 2.05) is 0 Å². The summed E-state index contributed by atoms with van der Waals surface area (Å²) in [6, 6.07) is 23.8. The molecule has 3 aromatic carbocycles. The van der Waals surface area contributed by atoms with Crippen molar-refractivity contribution < 1.29 is 50.7 Å². The quantitative estimate of drug-likeness (QED) is 0.232. The summed E-state index contributed by atoms with van der Waals surface area (Å²) in [7, 11) is 0. The molecular weight excluding hydrogens is 552 g/mol. The van der Waals surface area contributed by atoms with Crippen LogP contribution in [0.5, 0.6) is 0 Å². The van der Waals surface area contributed by atoms with Crippen molar-refractivity contribution in [1.29, 1.82) is 0 Å². The minimum Gasteiger partial charge on any atom is -1.00 e. The fraction of sp³-hybridized carbons (Fsp3) is 0.125. The summed E-state index contributed by atoms with van der Waals surface area (Å²) in [5, 5.41) is 3.90. The van der Waals surface area contributed by atoms with Gasteiger partial charge in [0.2, 0.25) is 0 Å². The Balaban J connectivity index is 0.000000380. The van der Waals surface area contributed by atoms with Crippen molar-refractivity contribution in [2.24, 2.45) is 0 Å². The van der Waals surface area contributed by atoms with E-state index in [0.717, 1.165) is 6.42 Å². The Bertz CT molecular complexity index is 1070. The monoisotopic (exact) mass is 573 g/mol. The molecule has 28 heavy (non-hydrogen) atoms. The second-order valence-corrected chi connectivity index (χ2v) is 6.49. The molecular formula is C24H21Cl2HfN. The van der Waals surface area contributed by atoms with Gasteiger partial charge in [-0.2, -0.15) is 6.08 Å². The minimum atomic E-state index is 0. The number of aromatic nitrogens is 1. The van der Waals surface area contributed by atoms with Crippen LogP contribution in [0.3, 0.4) is 0 Å². The largest absolute Gasteiger partial charge is 4.00 e. The first-order valence-electron chi connectivity index (χ1n) is 8.69. The molecule has 4 aromatic rings. The maximum Gasteiger partial charge on any atom is 4.00 e. The summed E-state index contributed by atoms with van der Waals surface area (Å²) < 4.78 is 2.33. The number of benzene rings is 2. The predicted octanol–water partition coefficient (Wildman–Crippen LogP) is 0.512. The van der Waals surface area contributed by atoms with E-state index >= 15 is 0 Å². The van der Waals surface area contributed by atoms with Gasteiger partial charge in [0.25, 0.3) is 0 Å². The van der Waals surface area contributed by atoms with Crippen LogP contribution < -0.4 is 24.8 Å². The van der Waals surface area contributed by atoms with Crippen molar-refractivity contribution in [3.8, 4) is 5.69 Å². The molecule has 1 aliphatic rings. The minimum absolute atomic E-state index is 0. The van der Waals surface area contributed by atoms with Gasteiger partial charge in [-0.05, 0) is 24.7 Å². The van der Waals surface area contributed by atoms with Crippen molar-refractivity contribution in [1.82, 2.24) is 4.57 Å². The van der Waals surface area contributed by atoms with Crippen molar-refractivity contribution in [3.63, 3.8) is 0 Å². The first-order valence-corrected chi connectivity index (χ1v) is 8.69. The molecule has 1 heterocycles. The van der Waals surface area contributed by atoms with Crippen LogP contribution in [0.2, 0.25) is 0 Å². The van der Waals surface area contributed by atoms with Gasteiger partial charge in [0.15, 0.2) is 0 Å². The Morgan fingerprint density at radius 2 is 1.57 bits per heavy atom. The Morgan fingerprint density at radius 1 is 0.893 bits per heavy atom. The number of rotatable bonds is 1. The molecule has 0 unspecified atom stereocenters. The molecule has 0 saturated carbocycles. The average molecular weight is 573 g/mol. The number of para-hydroxylation sites is 1. The number of nitrogens with zero attached hydrogens (tertiary/aromatic N) is 1. The van der Waals surface area contributed by atoms with Crippen LogP contribution >= 0.6 is 0 Å². The van der Waals surface area contributed by atoms with Crippen LogP contribution in [0.25, 0.3) is 27.4 Å². The molecule has 0 amide bonds. The van der Waals surface area contributed by atoms with E-state index in [4.69, 9.17) is 0 Å². The third kappa shape index (κ3) is 5.11. The standard InChI is InChI=1S/C18H14N.C6H7.2ClH.Hf/c1-13-10-16-8-4-5-9-18(16)19(13)17-11-14-6-2-3-7-15(14)12-17;1-6-4-2-3-5-6;;;/h2-12H,1H3;2,4H,3H2,1H3;2*1H;/q2*-1;;;+4/p-2. The van der Waals surface area contributed by atoms with Gasteiger partial charge in [0.05, 0.1) is 5.52 Å². The van der Waals surface area contributed by atoms with Crippen LogP contribution in [-0.2, 0) is 25.8 Å². The molecule has 0 radical (unpaired) electrons. The second-order valence-electron chi connectivity index (χ2n) is 6.49. The SMILES string of the molecule is CC1=[C-]CC=C1.Cc1cc2ccccc2n1-c1cc2ccccc2[cH-]1.[Cl-].[Cl-].[Hf+4]. The third-order valence-corrected chi connectivity index (χ3v) is 4.62. The smallest absolute Gasteiger partial charge is 1.00 e. The molecule has 0 bridgehead atoms. The zero-order chi connectivity index (χ0) is 17.2. The average Bonchev–Trinajstić information content (AvgIpc) is 3.32. The fourth-order valence-corrected chi connectivity index (χ4v) is 3.41. The predicted molar refractivity (Wildman–Crippen MR) is 107 cm³/mol. The molecule has 0 atom stereocenters. The van der Waals surface area contributed by atoms with E-state index in [-0.39, 0.29) is 50.7 Å². The molecule has 0 fully saturated rings. The fourth-order valence-electron chi connectivity index (χ4n) is 3.41. The molecule has 1 nitrogen and oxygen atoms in total. The van der Waals surface area contributed by atoms with Crippen molar-refractivity contribution in [2.45, 2.75) is 20.3 Å². The van der Waals surface area contributed by atoms with E-state index in [9.17, 15) is 0 Å². The molecule has 140 valence electrons. The Kier molecular flexibility index (Phi) is 9.56. The molecule has 1 aromatic heterocycles. The number of halogens is 2. The maximum atomic E-state index is 3.12. The number of aryl methyl sites for hydroxylation is 1. The van der Waals surface area contributed by atoms with Crippen LogP contribution in [0, 0.1) is 13.0 Å². The van der Waals surface area contributed by atoms with E-state index in [1.165, 1.54) is 38.6 Å². The summed E-state index contributed by atoms with van der Waals surface area (Å²) in [6.45, 7) is 4.22. The number of hydrogen-bond acceptors (Lipinski definition) is 0. The van der Waals surface area contributed by atoms with Crippen molar-refractivity contribution in [2.75, 3.05) is 0 Å². The van der Waals surface area contributed by atoms with Gasteiger partial charge in [-0.25, -0.2) is 11.6 Å². The number of hydrogen-bond donors (Lipinski definition) is 0. The molecule has 0 N–H and O–H groups in total. The number of fused-ring (bicyclic) bond motifs is 2. The summed E-state index contributed by atoms with van der Waals surface area (Å²) >= 11 is 0. The third-order valence-electron chi connectivity index (χ3n) is 4.62. The Labute approximate surface area is 198 Å². The zero-order valence-corrected chi connectivity index (χ0v) is 21.0. The maximum absolute atomic E-state index is 3.12. The van der Waals surface area contributed by atoms with E-state index < -0.39 is 0 Å². The van der Waals surface area contributed by atoms with Gasteiger partial charge >= 0.3 is 25.8 Å². The summed E-state index contributed by atoms with van der Waals surface area (Å²) in [5.41, 5.74) is 5.07. The Morgan fingerprint density at radius 3 is 2.18 bits per heavy atom. The van der Waals surface area contributed by atoms with Gasteiger partial charge in [-0.15, -0.1) is 47.5 Å². The van der Waals surface area contributed by atoms with Gasteiger partial charge in [-0.1, -0.05) is 31.2 Å². The molecule has 0 aliphatic heterocycles. The normalized spacial score (nSPS) is 11.7. The van der Waals surface area contributed by atoms with Gasteiger partial charge in [0.1, 0.15) is 0 Å². The Hall–Kier alpha value is -1.48. The van der Waals surface area contributed by atoms with Gasteiger partial charge in [0, 0.05) is 11.1 Å². The first kappa shape index (κ1) is 24.6. The topological polar surface area (TPSA) is 4.93 Å². The van der Waals surface area contributed by atoms with Crippen LogP contribution in [0.1, 0.15) is 19.0 Å². The van der Waals surface area contributed by atoms with E-state index in [2.05, 4.69) is 103 Å². The van der Waals surface area contributed by atoms with E-state index in [0.29, 0.717) is 0 Å². The molecule has 5 rings (SSSR count). The number of allylic oxidation sites excluding steroid dienone is 4. The van der Waals surface area contributed by atoms with E-state index in [1.54, 1.807) is 0 Å². The second kappa shape index (κ2) is 10.9.